The van der Waals surface area contributed by atoms with E-state index in [4.69, 9.17) is 4.74 Å². The lowest BCUT2D eigenvalue weighted by Crippen LogP contribution is -2.40. The number of hydrogen-bond acceptors (Lipinski definition) is 5. The Labute approximate surface area is 221 Å². The second-order valence-corrected chi connectivity index (χ2v) is 11.4. The maximum atomic E-state index is 13.5. The van der Waals surface area contributed by atoms with Crippen LogP contribution in [0.2, 0.25) is 0 Å². The maximum Gasteiger partial charge on any atom is 0.316 e. The first-order valence-electron chi connectivity index (χ1n) is 13.6. The summed E-state index contributed by atoms with van der Waals surface area (Å²) in [5.74, 6) is -0.00985. The van der Waals surface area contributed by atoms with Crippen LogP contribution in [0, 0.1) is 48.3 Å². The van der Waals surface area contributed by atoms with E-state index in [1.54, 1.807) is 23.1 Å². The molecule has 2 saturated carbocycles. The highest BCUT2D eigenvalue weighted by Crippen LogP contribution is 2.65. The van der Waals surface area contributed by atoms with Gasteiger partial charge in [0.2, 0.25) is 17.7 Å². The molecule has 2 aromatic rings. The summed E-state index contributed by atoms with van der Waals surface area (Å²) in [7, 11) is 0. The Morgan fingerprint density at radius 2 is 1.63 bits per heavy atom. The highest BCUT2D eigenvalue weighted by Gasteiger charge is 2.67. The molecule has 2 saturated heterocycles. The largest absolute Gasteiger partial charge is 0.426 e. The third-order valence-electron chi connectivity index (χ3n) is 9.41. The number of anilines is 2. The fourth-order valence-electron chi connectivity index (χ4n) is 7.51. The molecule has 0 radical (unpaired) electrons. The number of rotatable bonds is 5. The molecule has 6 aliphatic rings. The van der Waals surface area contributed by atoms with Gasteiger partial charge in [0.05, 0.1) is 23.4 Å². The average Bonchev–Trinajstić information content (AvgIpc) is 3.60. The third kappa shape index (κ3) is 3.33. The number of allylic oxidation sites excluding steroid dienone is 2. The monoisotopic (exact) mass is 510 g/mol. The van der Waals surface area contributed by atoms with Crippen LogP contribution in [0.1, 0.15) is 30.9 Å². The lowest BCUT2D eigenvalue weighted by Gasteiger charge is -2.37. The minimum Gasteiger partial charge on any atom is -0.426 e. The lowest BCUT2D eigenvalue weighted by molar-refractivity contribution is -0.139. The Morgan fingerprint density at radius 1 is 0.947 bits per heavy atom. The van der Waals surface area contributed by atoms with Gasteiger partial charge in [0.1, 0.15) is 5.75 Å². The Bertz CT molecular complexity index is 1390. The summed E-state index contributed by atoms with van der Waals surface area (Å²) < 4.78 is 5.68. The van der Waals surface area contributed by atoms with Gasteiger partial charge in [-0.05, 0) is 78.8 Å². The van der Waals surface area contributed by atoms with E-state index >= 15 is 0 Å². The molecule has 7 atom stereocenters. The van der Waals surface area contributed by atoms with Crippen molar-refractivity contribution in [3.05, 3.63) is 65.7 Å². The molecule has 4 fully saturated rings. The predicted molar refractivity (Wildman–Crippen MR) is 140 cm³/mol. The third-order valence-corrected chi connectivity index (χ3v) is 9.41. The number of ether oxygens (including phenoxy) is 1. The van der Waals surface area contributed by atoms with E-state index in [1.165, 1.54) is 4.90 Å². The maximum absolute atomic E-state index is 13.5. The van der Waals surface area contributed by atoms with Gasteiger partial charge in [-0.15, -0.1) is 0 Å². The molecular weight excluding hydrogens is 480 g/mol. The first-order valence-corrected chi connectivity index (χ1v) is 13.6. The fraction of sp³-hybridized carbons (Fsp3) is 0.419. The van der Waals surface area contributed by atoms with Crippen LogP contribution in [0.15, 0.2) is 54.6 Å². The van der Waals surface area contributed by atoms with E-state index in [0.717, 1.165) is 24.1 Å². The van der Waals surface area contributed by atoms with Crippen molar-refractivity contribution in [1.29, 1.82) is 0 Å². The van der Waals surface area contributed by atoms with E-state index < -0.39 is 11.9 Å². The number of para-hydroxylation sites is 1. The van der Waals surface area contributed by atoms with Gasteiger partial charge < -0.3 is 9.64 Å². The molecule has 38 heavy (non-hydrogen) atoms. The van der Waals surface area contributed by atoms with Crippen LogP contribution >= 0.6 is 0 Å². The van der Waals surface area contributed by atoms with Crippen molar-refractivity contribution in [2.75, 3.05) is 16.3 Å². The van der Waals surface area contributed by atoms with Crippen LogP contribution in [-0.2, 0) is 25.6 Å². The molecule has 3 amide bonds. The Hall–Kier alpha value is -3.74. The second kappa shape index (κ2) is 8.38. The van der Waals surface area contributed by atoms with Crippen LogP contribution in [0.25, 0.3) is 0 Å². The molecule has 4 aliphatic carbocycles. The average molecular weight is 511 g/mol. The number of amides is 3. The summed E-state index contributed by atoms with van der Waals surface area (Å²) in [4.78, 5) is 55.7. The number of benzene rings is 2. The van der Waals surface area contributed by atoms with Gasteiger partial charge in [-0.25, -0.2) is 4.90 Å². The molecule has 7 nitrogen and oxygen atoms in total. The number of carbonyl (C=O) groups is 4. The van der Waals surface area contributed by atoms with Gasteiger partial charge >= 0.3 is 5.97 Å². The lowest BCUT2D eigenvalue weighted by atomic mass is 9.63. The summed E-state index contributed by atoms with van der Waals surface area (Å²) in [5.41, 5.74) is 3.16. The summed E-state index contributed by atoms with van der Waals surface area (Å²) >= 11 is 0. The standard InChI is InChI=1S/C31H30N2O5/c1-3-17-6-4-5-7-25(17)32-15-18(13-26(32)34)31(37)38-19-8-11-24(16(2)12-19)33-29(35)27-20-9-10-21(23-14-22(20)23)28(27)30(33)36/h4-12,18,20-23,27-28H,3,13-15H2,1-2H3/t18-,20+,21+,22+,23+,27-,28+/m1/s1. The molecule has 2 aliphatic heterocycles. The summed E-state index contributed by atoms with van der Waals surface area (Å²) in [6, 6.07) is 12.8. The van der Waals surface area contributed by atoms with Crippen LogP contribution in [0.4, 0.5) is 11.4 Å². The van der Waals surface area contributed by atoms with Crippen LogP contribution in [-0.4, -0.2) is 30.2 Å². The molecule has 8 rings (SSSR count). The fourth-order valence-corrected chi connectivity index (χ4v) is 7.51. The first kappa shape index (κ1) is 23.4. The molecule has 0 spiro atoms. The molecule has 2 aromatic carbocycles. The molecule has 7 heteroatoms. The molecule has 194 valence electrons. The molecule has 2 heterocycles. The van der Waals surface area contributed by atoms with Gasteiger partial charge in [0, 0.05) is 18.7 Å². The van der Waals surface area contributed by atoms with Gasteiger partial charge in [-0.2, -0.15) is 0 Å². The van der Waals surface area contributed by atoms with Gasteiger partial charge in [-0.1, -0.05) is 37.3 Å². The zero-order valence-corrected chi connectivity index (χ0v) is 21.5. The van der Waals surface area contributed by atoms with Crippen molar-refractivity contribution >= 4 is 35.1 Å². The highest BCUT2D eigenvalue weighted by molar-refractivity contribution is 6.23. The van der Waals surface area contributed by atoms with Crippen molar-refractivity contribution in [3.63, 3.8) is 0 Å². The van der Waals surface area contributed by atoms with Crippen LogP contribution in [0.3, 0.4) is 0 Å². The van der Waals surface area contributed by atoms with Crippen molar-refractivity contribution in [2.24, 2.45) is 41.4 Å². The van der Waals surface area contributed by atoms with Crippen molar-refractivity contribution in [2.45, 2.75) is 33.1 Å². The normalized spacial score (nSPS) is 32.6. The number of aryl methyl sites for hydroxylation is 2. The zero-order chi connectivity index (χ0) is 26.3. The molecule has 0 unspecified atom stereocenters. The molecular formula is C31H30N2O5. The topological polar surface area (TPSA) is 84.0 Å². The van der Waals surface area contributed by atoms with E-state index in [1.807, 2.05) is 38.1 Å². The van der Waals surface area contributed by atoms with Crippen LogP contribution < -0.4 is 14.5 Å². The summed E-state index contributed by atoms with van der Waals surface area (Å²) in [6.07, 6.45) is 6.36. The summed E-state index contributed by atoms with van der Waals surface area (Å²) in [6.45, 7) is 4.14. The number of hydrogen-bond donors (Lipinski definition) is 0. The molecule has 0 aromatic heterocycles. The number of imide groups is 1. The van der Waals surface area contributed by atoms with E-state index in [0.29, 0.717) is 28.8 Å². The SMILES string of the molecule is CCc1ccccc1N1C[C@H](C(=O)Oc2ccc(N3C(=O)[C@@H]4[C@H]5C=C[C@@H]([C@@H]6C[C@@H]56)[C@@H]4C3=O)c(C)c2)CC1=O. The van der Waals surface area contributed by atoms with E-state index in [2.05, 4.69) is 12.2 Å². The van der Waals surface area contributed by atoms with Crippen molar-refractivity contribution < 1.29 is 23.9 Å². The highest BCUT2D eigenvalue weighted by atomic mass is 16.5. The number of carbonyl (C=O) groups excluding carboxylic acids is 4. The first-order chi connectivity index (χ1) is 18.4. The smallest absolute Gasteiger partial charge is 0.316 e. The van der Waals surface area contributed by atoms with Gasteiger partial charge in [0.15, 0.2) is 0 Å². The van der Waals surface area contributed by atoms with Crippen molar-refractivity contribution in [3.8, 4) is 5.75 Å². The van der Waals surface area contributed by atoms with E-state index in [9.17, 15) is 19.2 Å². The minimum atomic E-state index is -0.563. The second-order valence-electron chi connectivity index (χ2n) is 11.4. The van der Waals surface area contributed by atoms with Crippen molar-refractivity contribution in [1.82, 2.24) is 0 Å². The Balaban J connectivity index is 1.07. The quantitative estimate of drug-likeness (QED) is 0.262. The van der Waals surface area contributed by atoms with Crippen LogP contribution in [0.5, 0.6) is 5.75 Å². The van der Waals surface area contributed by atoms with Gasteiger partial charge in [0.25, 0.3) is 0 Å². The van der Waals surface area contributed by atoms with Gasteiger partial charge in [-0.3, -0.25) is 19.2 Å². The summed E-state index contributed by atoms with van der Waals surface area (Å²) in [5, 5.41) is 0. The van der Waals surface area contributed by atoms with E-state index in [-0.39, 0.29) is 54.4 Å². The Morgan fingerprint density at radius 3 is 2.29 bits per heavy atom. The molecule has 2 bridgehead atoms. The Kier molecular flexibility index (Phi) is 5.16. The number of nitrogens with zero attached hydrogens (tertiary/aromatic N) is 2. The molecule has 0 N–H and O–H groups in total. The number of esters is 1. The minimum absolute atomic E-state index is 0.0898. The predicted octanol–water partition coefficient (Wildman–Crippen LogP) is 4.07. The zero-order valence-electron chi connectivity index (χ0n) is 21.5.